The maximum Gasteiger partial charge on any atom is 0.271 e. The van der Waals surface area contributed by atoms with Crippen LogP contribution in [0.2, 0.25) is 0 Å². The van der Waals surface area contributed by atoms with Crippen molar-refractivity contribution in [3.63, 3.8) is 0 Å². The van der Waals surface area contributed by atoms with Gasteiger partial charge in [-0.15, -0.1) is 0 Å². The van der Waals surface area contributed by atoms with Crippen molar-refractivity contribution in [3.05, 3.63) is 76.3 Å². The van der Waals surface area contributed by atoms with Gasteiger partial charge in [-0.3, -0.25) is 4.79 Å². The van der Waals surface area contributed by atoms with E-state index in [4.69, 9.17) is 4.74 Å². The van der Waals surface area contributed by atoms with E-state index in [1.54, 1.807) is 12.3 Å². The zero-order valence-corrected chi connectivity index (χ0v) is 15.3. The second-order valence-electron chi connectivity index (χ2n) is 5.38. The third-order valence-corrected chi connectivity index (χ3v) is 4.15. The highest BCUT2D eigenvalue weighted by Crippen LogP contribution is 2.21. The van der Waals surface area contributed by atoms with Crippen LogP contribution in [0.25, 0.3) is 10.8 Å². The maximum absolute atomic E-state index is 12.3. The van der Waals surface area contributed by atoms with Crippen molar-refractivity contribution in [2.75, 3.05) is 6.61 Å². The highest BCUT2D eigenvalue weighted by atomic mass is 79.9. The predicted molar refractivity (Wildman–Crippen MR) is 104 cm³/mol. The van der Waals surface area contributed by atoms with Crippen LogP contribution in [0.4, 0.5) is 0 Å². The van der Waals surface area contributed by atoms with Gasteiger partial charge in [-0.05, 0) is 48.0 Å². The minimum Gasteiger partial charge on any atom is -0.493 e. The molecule has 0 heterocycles. The van der Waals surface area contributed by atoms with E-state index in [0.717, 1.165) is 26.6 Å². The summed E-state index contributed by atoms with van der Waals surface area (Å²) in [5.41, 5.74) is 3.91. The average molecular weight is 397 g/mol. The number of nitrogens with one attached hydrogen (secondary N) is 1. The summed E-state index contributed by atoms with van der Waals surface area (Å²) in [5.74, 6) is 0.462. The molecule has 0 radical (unpaired) electrons. The van der Waals surface area contributed by atoms with Crippen LogP contribution in [0.5, 0.6) is 5.75 Å². The number of hydrazone groups is 1. The molecule has 126 valence electrons. The van der Waals surface area contributed by atoms with E-state index in [9.17, 15) is 4.79 Å². The van der Waals surface area contributed by atoms with Crippen molar-refractivity contribution in [2.45, 2.75) is 6.92 Å². The number of nitrogens with zero attached hydrogens (tertiary/aromatic N) is 1. The van der Waals surface area contributed by atoms with E-state index in [0.29, 0.717) is 12.2 Å². The fourth-order valence-corrected chi connectivity index (χ4v) is 2.84. The molecular formula is C20H17BrN2O2. The van der Waals surface area contributed by atoms with Gasteiger partial charge in [-0.1, -0.05) is 46.3 Å². The summed E-state index contributed by atoms with van der Waals surface area (Å²) in [6.07, 6.45) is 1.58. The van der Waals surface area contributed by atoms with Gasteiger partial charge >= 0.3 is 0 Å². The lowest BCUT2D eigenvalue weighted by Crippen LogP contribution is -2.17. The third kappa shape index (κ3) is 4.25. The Morgan fingerprint density at radius 2 is 1.92 bits per heavy atom. The Morgan fingerprint density at radius 1 is 1.12 bits per heavy atom. The van der Waals surface area contributed by atoms with E-state index in [1.807, 2.05) is 61.5 Å². The molecule has 3 rings (SSSR count). The molecule has 5 heteroatoms. The van der Waals surface area contributed by atoms with Crippen molar-refractivity contribution in [1.82, 2.24) is 5.43 Å². The quantitative estimate of drug-likeness (QED) is 0.498. The minimum atomic E-state index is -0.255. The molecule has 0 atom stereocenters. The molecule has 0 aromatic heterocycles. The predicted octanol–water partition coefficient (Wildman–Crippen LogP) is 4.76. The van der Waals surface area contributed by atoms with E-state index in [-0.39, 0.29) is 5.91 Å². The van der Waals surface area contributed by atoms with E-state index in [2.05, 4.69) is 26.5 Å². The van der Waals surface area contributed by atoms with Crippen LogP contribution in [0.1, 0.15) is 22.8 Å². The summed E-state index contributed by atoms with van der Waals surface area (Å²) < 4.78 is 6.47. The molecule has 25 heavy (non-hydrogen) atoms. The fourth-order valence-electron chi connectivity index (χ4n) is 2.46. The van der Waals surface area contributed by atoms with Crippen molar-refractivity contribution < 1.29 is 9.53 Å². The summed E-state index contributed by atoms with van der Waals surface area (Å²) >= 11 is 3.42. The fraction of sp³-hybridized carbons (Fsp3) is 0.100. The molecule has 0 saturated carbocycles. The molecule has 0 aliphatic carbocycles. The van der Waals surface area contributed by atoms with Gasteiger partial charge < -0.3 is 4.74 Å². The van der Waals surface area contributed by atoms with Crippen LogP contribution in [0, 0.1) is 0 Å². The summed E-state index contributed by atoms with van der Waals surface area (Å²) in [7, 11) is 0. The molecule has 0 fully saturated rings. The van der Waals surface area contributed by atoms with E-state index in [1.165, 1.54) is 0 Å². The van der Waals surface area contributed by atoms with Crippen molar-refractivity contribution in [3.8, 4) is 5.75 Å². The molecule has 3 aromatic carbocycles. The Balaban J connectivity index is 1.75. The van der Waals surface area contributed by atoms with Crippen LogP contribution in [0.15, 0.2) is 70.2 Å². The number of hydrogen-bond donors (Lipinski definition) is 1. The number of rotatable bonds is 5. The molecule has 3 aromatic rings. The lowest BCUT2D eigenvalue weighted by Gasteiger charge is -2.07. The first kappa shape index (κ1) is 17.2. The Morgan fingerprint density at radius 3 is 2.72 bits per heavy atom. The van der Waals surface area contributed by atoms with Crippen molar-refractivity contribution in [2.24, 2.45) is 5.10 Å². The summed E-state index contributed by atoms with van der Waals surface area (Å²) in [4.78, 5) is 12.3. The minimum absolute atomic E-state index is 0.255. The summed E-state index contributed by atoms with van der Waals surface area (Å²) in [5, 5.41) is 6.17. The number of carbonyl (C=O) groups is 1. The van der Waals surface area contributed by atoms with Crippen molar-refractivity contribution in [1.29, 1.82) is 0 Å². The van der Waals surface area contributed by atoms with Gasteiger partial charge in [-0.2, -0.15) is 5.10 Å². The molecule has 0 bridgehead atoms. The summed E-state index contributed by atoms with van der Waals surface area (Å²) in [6, 6.07) is 19.1. The van der Waals surface area contributed by atoms with Gasteiger partial charge in [0.05, 0.1) is 12.8 Å². The standard InChI is InChI=1S/C20H17BrN2O2/c1-2-25-19-10-9-18(21)12-17(19)13-22-23-20(24)16-8-7-14-5-3-4-6-15(14)11-16/h3-13H,2H2,1H3,(H,23,24)/b22-13-. The molecule has 0 unspecified atom stereocenters. The molecule has 4 nitrogen and oxygen atoms in total. The monoisotopic (exact) mass is 396 g/mol. The Bertz CT molecular complexity index is 938. The first-order valence-corrected chi connectivity index (χ1v) is 8.71. The highest BCUT2D eigenvalue weighted by molar-refractivity contribution is 9.10. The first-order valence-electron chi connectivity index (χ1n) is 7.92. The number of carbonyl (C=O) groups excluding carboxylic acids is 1. The van der Waals surface area contributed by atoms with Gasteiger partial charge in [0.15, 0.2) is 0 Å². The zero-order valence-electron chi connectivity index (χ0n) is 13.7. The average Bonchev–Trinajstić information content (AvgIpc) is 2.63. The lowest BCUT2D eigenvalue weighted by molar-refractivity contribution is 0.0955. The van der Waals surface area contributed by atoms with Crippen LogP contribution < -0.4 is 10.2 Å². The molecule has 1 amide bonds. The molecule has 0 spiro atoms. The highest BCUT2D eigenvalue weighted by Gasteiger charge is 2.06. The van der Waals surface area contributed by atoms with E-state index < -0.39 is 0 Å². The van der Waals surface area contributed by atoms with Gasteiger partial charge in [0.1, 0.15) is 5.75 Å². The van der Waals surface area contributed by atoms with Gasteiger partial charge in [0.2, 0.25) is 0 Å². The lowest BCUT2D eigenvalue weighted by atomic mass is 10.1. The normalized spacial score (nSPS) is 11.0. The van der Waals surface area contributed by atoms with Crippen molar-refractivity contribution >= 4 is 38.8 Å². The Kier molecular flexibility index (Phi) is 5.46. The molecular weight excluding hydrogens is 380 g/mol. The molecule has 0 aliphatic heterocycles. The molecule has 1 N–H and O–H groups in total. The zero-order chi connectivity index (χ0) is 17.6. The second-order valence-corrected chi connectivity index (χ2v) is 6.29. The van der Waals surface area contributed by atoms with Crippen LogP contribution in [-0.2, 0) is 0 Å². The van der Waals surface area contributed by atoms with Crippen LogP contribution >= 0.6 is 15.9 Å². The molecule has 0 aliphatic rings. The van der Waals surface area contributed by atoms with Crippen LogP contribution in [0.3, 0.4) is 0 Å². The number of hydrogen-bond acceptors (Lipinski definition) is 3. The molecule has 0 saturated heterocycles. The van der Waals surface area contributed by atoms with Crippen LogP contribution in [-0.4, -0.2) is 18.7 Å². The van der Waals surface area contributed by atoms with Gasteiger partial charge in [0.25, 0.3) is 5.91 Å². The summed E-state index contributed by atoms with van der Waals surface area (Å²) in [6.45, 7) is 2.48. The largest absolute Gasteiger partial charge is 0.493 e. The number of amides is 1. The Labute approximate surface area is 154 Å². The number of fused-ring (bicyclic) bond motifs is 1. The third-order valence-electron chi connectivity index (χ3n) is 3.65. The van der Waals surface area contributed by atoms with E-state index >= 15 is 0 Å². The van der Waals surface area contributed by atoms with Gasteiger partial charge in [0, 0.05) is 15.6 Å². The smallest absolute Gasteiger partial charge is 0.271 e. The second kappa shape index (κ2) is 7.94. The number of ether oxygens (including phenoxy) is 1. The number of benzene rings is 3. The Hall–Kier alpha value is -2.66. The number of halogens is 1. The van der Waals surface area contributed by atoms with Gasteiger partial charge in [-0.25, -0.2) is 5.43 Å². The topological polar surface area (TPSA) is 50.7 Å². The SMILES string of the molecule is CCOc1ccc(Br)cc1/C=N\NC(=O)c1ccc2ccccc2c1. The maximum atomic E-state index is 12.3. The first-order chi connectivity index (χ1) is 12.2.